The van der Waals surface area contributed by atoms with Crippen LogP contribution in [0.25, 0.3) is 5.69 Å². The molecule has 0 bridgehead atoms. The van der Waals surface area contributed by atoms with Gasteiger partial charge in [-0.2, -0.15) is 0 Å². The van der Waals surface area contributed by atoms with Crippen molar-refractivity contribution in [3.63, 3.8) is 0 Å². The Bertz CT molecular complexity index is 570. The molecule has 3 heteroatoms. The molecule has 1 atom stereocenters. The summed E-state index contributed by atoms with van der Waals surface area (Å²) in [7, 11) is 0. The minimum atomic E-state index is 0.0217. The van der Waals surface area contributed by atoms with Crippen LogP contribution in [-0.4, -0.2) is 16.5 Å². The normalized spacial score (nSPS) is 16.1. The minimum absolute atomic E-state index is 0.0217. The van der Waals surface area contributed by atoms with Gasteiger partial charge in [0.2, 0.25) is 0 Å². The van der Waals surface area contributed by atoms with Crippen LogP contribution >= 0.6 is 0 Å². The van der Waals surface area contributed by atoms with Crippen LogP contribution in [0.5, 0.6) is 0 Å². The Kier molecular flexibility index (Phi) is 3.11. The standard InChI is InChI=1S/C16H18N2O/c1-12(13-7-8-13)17-16(19)14-5-4-6-15(11-14)18-9-2-3-10-18/h2-6,9-13H,7-8H2,1H3,(H,17,19)/t12-/m0/s1. The van der Waals surface area contributed by atoms with Crippen molar-refractivity contribution in [2.45, 2.75) is 25.8 Å². The smallest absolute Gasteiger partial charge is 0.251 e. The van der Waals surface area contributed by atoms with Crippen LogP contribution in [0.2, 0.25) is 0 Å². The SMILES string of the molecule is C[C@H](NC(=O)c1cccc(-n2cccc2)c1)C1CC1. The lowest BCUT2D eigenvalue weighted by Gasteiger charge is -2.13. The van der Waals surface area contributed by atoms with Crippen LogP contribution < -0.4 is 5.32 Å². The summed E-state index contributed by atoms with van der Waals surface area (Å²) in [6.07, 6.45) is 6.43. The fourth-order valence-corrected chi connectivity index (χ4v) is 2.32. The van der Waals surface area contributed by atoms with Crippen molar-refractivity contribution in [2.24, 2.45) is 5.92 Å². The fraction of sp³-hybridized carbons (Fsp3) is 0.312. The highest BCUT2D eigenvalue weighted by Crippen LogP contribution is 2.32. The first-order valence-corrected chi connectivity index (χ1v) is 6.78. The van der Waals surface area contributed by atoms with Gasteiger partial charge in [-0.05, 0) is 56.0 Å². The van der Waals surface area contributed by atoms with Crippen molar-refractivity contribution < 1.29 is 4.79 Å². The topological polar surface area (TPSA) is 34.0 Å². The first-order chi connectivity index (χ1) is 9.24. The first-order valence-electron chi connectivity index (χ1n) is 6.78. The second-order valence-corrected chi connectivity index (χ2v) is 5.24. The van der Waals surface area contributed by atoms with Crippen molar-refractivity contribution >= 4 is 5.91 Å². The molecule has 0 spiro atoms. The van der Waals surface area contributed by atoms with Gasteiger partial charge < -0.3 is 9.88 Å². The zero-order chi connectivity index (χ0) is 13.2. The summed E-state index contributed by atoms with van der Waals surface area (Å²) in [6, 6.07) is 11.9. The Morgan fingerprint density at radius 3 is 2.68 bits per heavy atom. The van der Waals surface area contributed by atoms with E-state index in [1.54, 1.807) is 0 Å². The van der Waals surface area contributed by atoms with Crippen LogP contribution in [-0.2, 0) is 0 Å². The maximum Gasteiger partial charge on any atom is 0.251 e. The predicted octanol–water partition coefficient (Wildman–Crippen LogP) is 3.01. The fourth-order valence-electron chi connectivity index (χ4n) is 2.32. The molecule has 0 unspecified atom stereocenters. The van der Waals surface area contributed by atoms with Gasteiger partial charge in [-0.15, -0.1) is 0 Å². The number of rotatable bonds is 4. The van der Waals surface area contributed by atoms with Gasteiger partial charge in [-0.3, -0.25) is 4.79 Å². The molecule has 1 aliphatic carbocycles. The Morgan fingerprint density at radius 2 is 2.00 bits per heavy atom. The van der Waals surface area contributed by atoms with Crippen LogP contribution in [0.3, 0.4) is 0 Å². The average molecular weight is 254 g/mol. The maximum atomic E-state index is 12.2. The molecule has 3 nitrogen and oxygen atoms in total. The zero-order valence-electron chi connectivity index (χ0n) is 11.0. The van der Waals surface area contributed by atoms with Gasteiger partial charge in [-0.25, -0.2) is 0 Å². The van der Waals surface area contributed by atoms with E-state index in [1.807, 2.05) is 53.4 Å². The Hall–Kier alpha value is -2.03. The number of carbonyl (C=O) groups is 1. The molecule has 1 saturated carbocycles. The quantitative estimate of drug-likeness (QED) is 0.894. The van der Waals surface area contributed by atoms with Gasteiger partial charge in [0.05, 0.1) is 0 Å². The lowest BCUT2D eigenvalue weighted by atomic mass is 10.1. The van der Waals surface area contributed by atoms with Crippen molar-refractivity contribution in [3.8, 4) is 5.69 Å². The van der Waals surface area contributed by atoms with Gasteiger partial charge in [-0.1, -0.05) is 6.07 Å². The Balaban J connectivity index is 1.77. The van der Waals surface area contributed by atoms with E-state index in [1.165, 1.54) is 12.8 Å². The zero-order valence-corrected chi connectivity index (χ0v) is 11.0. The highest BCUT2D eigenvalue weighted by Gasteiger charge is 2.29. The van der Waals surface area contributed by atoms with E-state index in [0.717, 1.165) is 11.3 Å². The van der Waals surface area contributed by atoms with Gasteiger partial charge in [0.25, 0.3) is 5.91 Å². The van der Waals surface area contributed by atoms with Crippen LogP contribution in [0.1, 0.15) is 30.1 Å². The molecular weight excluding hydrogens is 236 g/mol. The van der Waals surface area contributed by atoms with Crippen molar-refractivity contribution in [1.29, 1.82) is 0 Å². The number of hydrogen-bond donors (Lipinski definition) is 1. The molecule has 1 amide bonds. The van der Waals surface area contributed by atoms with E-state index >= 15 is 0 Å². The molecule has 1 aromatic carbocycles. The molecule has 0 aliphatic heterocycles. The van der Waals surface area contributed by atoms with Gasteiger partial charge >= 0.3 is 0 Å². The molecule has 1 heterocycles. The summed E-state index contributed by atoms with van der Waals surface area (Å²) in [5, 5.41) is 3.08. The third-order valence-corrected chi connectivity index (χ3v) is 3.70. The first kappa shape index (κ1) is 12.0. The molecular formula is C16H18N2O. The number of aromatic nitrogens is 1. The highest BCUT2D eigenvalue weighted by atomic mass is 16.1. The number of benzene rings is 1. The average Bonchev–Trinajstić information content (AvgIpc) is 3.14. The molecule has 1 N–H and O–H groups in total. The molecule has 1 aliphatic rings. The van der Waals surface area contributed by atoms with Gasteiger partial charge in [0.15, 0.2) is 0 Å². The van der Waals surface area contributed by atoms with E-state index in [2.05, 4.69) is 12.2 Å². The molecule has 1 fully saturated rings. The van der Waals surface area contributed by atoms with Crippen molar-refractivity contribution in [1.82, 2.24) is 9.88 Å². The van der Waals surface area contributed by atoms with E-state index in [4.69, 9.17) is 0 Å². The predicted molar refractivity (Wildman–Crippen MR) is 75.4 cm³/mol. The Labute approximate surface area is 113 Å². The molecule has 98 valence electrons. The van der Waals surface area contributed by atoms with E-state index in [-0.39, 0.29) is 11.9 Å². The monoisotopic (exact) mass is 254 g/mol. The molecule has 2 aromatic rings. The third kappa shape index (κ3) is 2.70. The summed E-state index contributed by atoms with van der Waals surface area (Å²) in [4.78, 5) is 12.2. The number of hydrogen-bond acceptors (Lipinski definition) is 1. The number of nitrogens with zero attached hydrogens (tertiary/aromatic N) is 1. The maximum absolute atomic E-state index is 12.2. The molecule has 3 rings (SSSR count). The van der Waals surface area contributed by atoms with Crippen molar-refractivity contribution in [2.75, 3.05) is 0 Å². The van der Waals surface area contributed by atoms with E-state index < -0.39 is 0 Å². The van der Waals surface area contributed by atoms with Crippen LogP contribution in [0.4, 0.5) is 0 Å². The second kappa shape index (κ2) is 4.92. The third-order valence-electron chi connectivity index (χ3n) is 3.70. The van der Waals surface area contributed by atoms with E-state index in [9.17, 15) is 4.79 Å². The van der Waals surface area contributed by atoms with Crippen LogP contribution in [0.15, 0.2) is 48.8 Å². The highest BCUT2D eigenvalue weighted by molar-refractivity contribution is 5.94. The molecule has 1 aromatic heterocycles. The minimum Gasteiger partial charge on any atom is -0.349 e. The lowest BCUT2D eigenvalue weighted by Crippen LogP contribution is -2.34. The molecule has 0 radical (unpaired) electrons. The summed E-state index contributed by atoms with van der Waals surface area (Å²) in [5.41, 5.74) is 1.73. The molecule has 0 saturated heterocycles. The Morgan fingerprint density at radius 1 is 1.26 bits per heavy atom. The molecule has 19 heavy (non-hydrogen) atoms. The van der Waals surface area contributed by atoms with Gasteiger partial charge in [0.1, 0.15) is 0 Å². The van der Waals surface area contributed by atoms with E-state index in [0.29, 0.717) is 5.92 Å². The largest absolute Gasteiger partial charge is 0.349 e. The summed E-state index contributed by atoms with van der Waals surface area (Å²) in [5.74, 6) is 0.699. The summed E-state index contributed by atoms with van der Waals surface area (Å²) < 4.78 is 2.00. The van der Waals surface area contributed by atoms with Crippen molar-refractivity contribution in [3.05, 3.63) is 54.4 Å². The number of carbonyl (C=O) groups excluding carboxylic acids is 1. The summed E-state index contributed by atoms with van der Waals surface area (Å²) in [6.45, 7) is 2.09. The lowest BCUT2D eigenvalue weighted by molar-refractivity contribution is 0.0936. The van der Waals surface area contributed by atoms with Crippen LogP contribution in [0, 0.1) is 5.92 Å². The van der Waals surface area contributed by atoms with Gasteiger partial charge in [0, 0.05) is 29.7 Å². The second-order valence-electron chi connectivity index (χ2n) is 5.24. The summed E-state index contributed by atoms with van der Waals surface area (Å²) >= 11 is 0. The number of nitrogens with one attached hydrogen (secondary N) is 1. The number of amides is 1.